The number of furan rings is 1. The molecule has 4 aromatic rings. The molecular weight excluding hydrogens is 350 g/mol. The first-order valence-corrected chi connectivity index (χ1v) is 9.13. The summed E-state index contributed by atoms with van der Waals surface area (Å²) in [5.41, 5.74) is 3.01. The average Bonchev–Trinajstić information content (AvgIpc) is 3.14. The Bertz CT molecular complexity index is 1130. The summed E-state index contributed by atoms with van der Waals surface area (Å²) in [6.07, 6.45) is 0. The molecule has 0 saturated carbocycles. The summed E-state index contributed by atoms with van der Waals surface area (Å²) in [7, 11) is 3.85. The van der Waals surface area contributed by atoms with Gasteiger partial charge in [0.1, 0.15) is 17.1 Å². The van der Waals surface area contributed by atoms with Crippen LogP contribution < -0.4 is 0 Å². The smallest absolute Gasteiger partial charge is 0.196 e. The molecule has 140 valence electrons. The quantitative estimate of drug-likeness (QED) is 0.496. The second-order valence-corrected chi connectivity index (χ2v) is 7.07. The highest BCUT2D eigenvalue weighted by Crippen LogP contribution is 2.37. The van der Waals surface area contributed by atoms with Crippen LogP contribution in [0.1, 0.15) is 21.5 Å². The molecule has 1 heterocycles. The molecule has 0 spiro atoms. The third kappa shape index (κ3) is 3.30. The summed E-state index contributed by atoms with van der Waals surface area (Å²) in [5, 5.41) is 11.8. The van der Waals surface area contributed by atoms with Crippen LogP contribution >= 0.6 is 0 Å². The summed E-state index contributed by atoms with van der Waals surface area (Å²) in [5.74, 6) is 0.493. The number of hydrogen-bond acceptors (Lipinski definition) is 4. The molecule has 0 atom stereocenters. The fourth-order valence-electron chi connectivity index (χ4n) is 3.38. The fraction of sp³-hybridized carbons (Fsp3) is 0.125. The molecule has 0 bridgehead atoms. The monoisotopic (exact) mass is 371 g/mol. The van der Waals surface area contributed by atoms with Crippen molar-refractivity contribution in [3.05, 3.63) is 89.5 Å². The van der Waals surface area contributed by atoms with Crippen molar-refractivity contribution in [2.24, 2.45) is 0 Å². The number of benzene rings is 3. The third-order valence-corrected chi connectivity index (χ3v) is 4.72. The zero-order chi connectivity index (χ0) is 19.7. The molecule has 0 unspecified atom stereocenters. The first-order chi connectivity index (χ1) is 13.5. The van der Waals surface area contributed by atoms with Crippen molar-refractivity contribution in [1.82, 2.24) is 4.90 Å². The molecule has 0 radical (unpaired) electrons. The molecule has 3 aromatic carbocycles. The number of phenols is 1. The van der Waals surface area contributed by atoms with Crippen molar-refractivity contribution >= 4 is 16.8 Å². The molecule has 0 fully saturated rings. The van der Waals surface area contributed by atoms with Gasteiger partial charge in [0, 0.05) is 28.6 Å². The van der Waals surface area contributed by atoms with Gasteiger partial charge in [-0.1, -0.05) is 60.7 Å². The van der Waals surface area contributed by atoms with Crippen molar-refractivity contribution in [3.63, 3.8) is 0 Å². The van der Waals surface area contributed by atoms with Gasteiger partial charge in [-0.15, -0.1) is 0 Å². The first-order valence-electron chi connectivity index (χ1n) is 9.13. The highest BCUT2D eigenvalue weighted by atomic mass is 16.3. The summed E-state index contributed by atoms with van der Waals surface area (Å²) < 4.78 is 6.08. The molecule has 0 aliphatic carbocycles. The van der Waals surface area contributed by atoms with Crippen LogP contribution in [0.4, 0.5) is 0 Å². The number of hydrogen-bond donors (Lipinski definition) is 1. The second kappa shape index (κ2) is 7.33. The van der Waals surface area contributed by atoms with Crippen LogP contribution in [-0.4, -0.2) is 29.9 Å². The molecule has 28 heavy (non-hydrogen) atoms. The maximum Gasteiger partial charge on any atom is 0.196 e. The van der Waals surface area contributed by atoms with E-state index in [0.29, 0.717) is 29.0 Å². The lowest BCUT2D eigenvalue weighted by Crippen LogP contribution is -2.12. The van der Waals surface area contributed by atoms with Gasteiger partial charge in [-0.25, -0.2) is 0 Å². The Kier molecular flexibility index (Phi) is 4.72. The molecular formula is C24H21NO3. The van der Waals surface area contributed by atoms with Crippen LogP contribution in [0.15, 0.2) is 77.2 Å². The number of ketones is 1. The number of carbonyl (C=O) groups is 1. The van der Waals surface area contributed by atoms with Crippen LogP contribution in [0.3, 0.4) is 0 Å². The van der Waals surface area contributed by atoms with E-state index in [-0.39, 0.29) is 17.1 Å². The van der Waals surface area contributed by atoms with Crippen molar-refractivity contribution in [2.75, 3.05) is 14.1 Å². The Balaban J connectivity index is 1.92. The Morgan fingerprint density at radius 3 is 2.25 bits per heavy atom. The Labute approximate surface area is 163 Å². The van der Waals surface area contributed by atoms with Crippen LogP contribution in [0.25, 0.3) is 22.3 Å². The fourth-order valence-corrected chi connectivity index (χ4v) is 3.38. The summed E-state index contributed by atoms with van der Waals surface area (Å²) >= 11 is 0. The van der Waals surface area contributed by atoms with Gasteiger partial charge in [0.05, 0.1) is 5.56 Å². The van der Waals surface area contributed by atoms with E-state index < -0.39 is 0 Å². The molecule has 0 aliphatic heterocycles. The Morgan fingerprint density at radius 2 is 1.61 bits per heavy atom. The van der Waals surface area contributed by atoms with Gasteiger partial charge in [0.15, 0.2) is 5.78 Å². The van der Waals surface area contributed by atoms with E-state index in [1.807, 2.05) is 73.6 Å². The predicted octanol–water partition coefficient (Wildman–Crippen LogP) is 5.10. The number of nitrogens with zero attached hydrogens (tertiary/aromatic N) is 1. The van der Waals surface area contributed by atoms with E-state index in [4.69, 9.17) is 4.42 Å². The third-order valence-electron chi connectivity index (χ3n) is 4.72. The lowest BCUT2D eigenvalue weighted by atomic mass is 9.97. The molecule has 0 aliphatic rings. The van der Waals surface area contributed by atoms with Gasteiger partial charge in [-0.05, 0) is 26.2 Å². The minimum Gasteiger partial charge on any atom is -0.507 e. The van der Waals surface area contributed by atoms with E-state index in [9.17, 15) is 9.90 Å². The topological polar surface area (TPSA) is 53.7 Å². The normalized spacial score (nSPS) is 11.2. The standard InChI is InChI=1S/C24H21NO3/c1-25(2)15-20-18-13-21(16-9-5-3-6-10-16)28-22(18)14-19(24(20)27)23(26)17-11-7-4-8-12-17/h3-14,27H,15H2,1-2H3. The van der Waals surface area contributed by atoms with E-state index in [1.165, 1.54) is 0 Å². The summed E-state index contributed by atoms with van der Waals surface area (Å²) in [4.78, 5) is 15.0. The second-order valence-electron chi connectivity index (χ2n) is 7.07. The maximum absolute atomic E-state index is 13.0. The van der Waals surface area contributed by atoms with Crippen LogP contribution in [0.2, 0.25) is 0 Å². The largest absolute Gasteiger partial charge is 0.507 e. The van der Waals surface area contributed by atoms with Gasteiger partial charge >= 0.3 is 0 Å². The van der Waals surface area contributed by atoms with Gasteiger partial charge in [0.25, 0.3) is 0 Å². The van der Waals surface area contributed by atoms with Crippen molar-refractivity contribution < 1.29 is 14.3 Å². The molecule has 0 amide bonds. The van der Waals surface area contributed by atoms with Crippen LogP contribution in [-0.2, 0) is 6.54 Å². The van der Waals surface area contributed by atoms with Crippen molar-refractivity contribution in [1.29, 1.82) is 0 Å². The Hall–Kier alpha value is -3.37. The van der Waals surface area contributed by atoms with E-state index in [2.05, 4.69) is 0 Å². The zero-order valence-electron chi connectivity index (χ0n) is 15.8. The highest BCUT2D eigenvalue weighted by molar-refractivity contribution is 6.13. The van der Waals surface area contributed by atoms with Gasteiger partial charge < -0.3 is 14.4 Å². The molecule has 4 nitrogen and oxygen atoms in total. The molecule has 4 heteroatoms. The van der Waals surface area contributed by atoms with Crippen molar-refractivity contribution in [3.8, 4) is 17.1 Å². The number of carbonyl (C=O) groups excluding carboxylic acids is 1. The predicted molar refractivity (Wildman–Crippen MR) is 111 cm³/mol. The minimum atomic E-state index is -0.224. The molecule has 0 saturated heterocycles. The molecule has 1 aromatic heterocycles. The maximum atomic E-state index is 13.0. The highest BCUT2D eigenvalue weighted by Gasteiger charge is 2.22. The average molecular weight is 371 g/mol. The molecule has 1 N–H and O–H groups in total. The summed E-state index contributed by atoms with van der Waals surface area (Å²) in [6.45, 7) is 0.492. The number of aromatic hydroxyl groups is 1. The van der Waals surface area contributed by atoms with Gasteiger partial charge in [0.2, 0.25) is 0 Å². The number of rotatable bonds is 5. The SMILES string of the molecule is CN(C)Cc1c(O)c(C(=O)c2ccccc2)cc2oc(-c3ccccc3)cc12. The number of fused-ring (bicyclic) bond motifs is 1. The Morgan fingerprint density at radius 1 is 0.964 bits per heavy atom. The zero-order valence-corrected chi connectivity index (χ0v) is 15.8. The van der Waals surface area contributed by atoms with E-state index >= 15 is 0 Å². The van der Waals surface area contributed by atoms with E-state index in [1.54, 1.807) is 18.2 Å². The van der Waals surface area contributed by atoms with Crippen LogP contribution in [0.5, 0.6) is 5.75 Å². The van der Waals surface area contributed by atoms with Gasteiger partial charge in [-0.3, -0.25) is 4.79 Å². The lowest BCUT2D eigenvalue weighted by Gasteiger charge is -2.14. The molecule has 4 rings (SSSR count). The summed E-state index contributed by atoms with van der Waals surface area (Å²) in [6, 6.07) is 22.3. The minimum absolute atomic E-state index is 0.00969. The van der Waals surface area contributed by atoms with Crippen molar-refractivity contribution in [2.45, 2.75) is 6.54 Å². The van der Waals surface area contributed by atoms with Crippen LogP contribution in [0, 0.1) is 0 Å². The lowest BCUT2D eigenvalue weighted by molar-refractivity contribution is 0.103. The van der Waals surface area contributed by atoms with E-state index in [0.717, 1.165) is 10.9 Å². The van der Waals surface area contributed by atoms with Gasteiger partial charge in [-0.2, -0.15) is 0 Å². The first kappa shape index (κ1) is 18.0. The number of phenolic OH excluding ortho intramolecular Hbond substituents is 1.